The SMILES string of the molecule is C/C=C\C(C(=O)N1CCOCC1)C(O)c1ccccc1. The second kappa shape index (κ2) is 7.22. The molecule has 1 saturated heterocycles. The van der Waals surface area contributed by atoms with Crippen LogP contribution >= 0.6 is 0 Å². The number of ether oxygens (including phenoxy) is 1. The number of amides is 1. The molecule has 1 N–H and O–H groups in total. The van der Waals surface area contributed by atoms with Gasteiger partial charge in [0.2, 0.25) is 5.91 Å². The van der Waals surface area contributed by atoms with E-state index in [0.29, 0.717) is 26.3 Å². The number of allylic oxidation sites excluding steroid dienone is 1. The number of aliphatic hydroxyl groups excluding tert-OH is 1. The lowest BCUT2D eigenvalue weighted by atomic mass is 9.93. The van der Waals surface area contributed by atoms with E-state index in [9.17, 15) is 9.90 Å². The van der Waals surface area contributed by atoms with E-state index in [1.165, 1.54) is 0 Å². The molecular weight excluding hydrogens is 254 g/mol. The smallest absolute Gasteiger partial charge is 0.232 e. The largest absolute Gasteiger partial charge is 0.387 e. The highest BCUT2D eigenvalue weighted by Crippen LogP contribution is 2.25. The average molecular weight is 275 g/mol. The van der Waals surface area contributed by atoms with E-state index < -0.39 is 12.0 Å². The molecule has 1 heterocycles. The molecule has 0 radical (unpaired) electrons. The monoisotopic (exact) mass is 275 g/mol. The number of benzene rings is 1. The minimum Gasteiger partial charge on any atom is -0.387 e. The molecule has 4 heteroatoms. The van der Waals surface area contributed by atoms with Gasteiger partial charge < -0.3 is 14.7 Å². The van der Waals surface area contributed by atoms with Crippen LogP contribution in [0, 0.1) is 5.92 Å². The molecule has 108 valence electrons. The molecule has 0 saturated carbocycles. The van der Waals surface area contributed by atoms with Crippen LogP contribution in [0.15, 0.2) is 42.5 Å². The summed E-state index contributed by atoms with van der Waals surface area (Å²) in [7, 11) is 0. The predicted octanol–water partition coefficient (Wildman–Crippen LogP) is 1.77. The molecule has 2 unspecified atom stereocenters. The Labute approximate surface area is 119 Å². The van der Waals surface area contributed by atoms with Gasteiger partial charge in [0.25, 0.3) is 0 Å². The summed E-state index contributed by atoms with van der Waals surface area (Å²) in [5, 5.41) is 10.5. The minimum absolute atomic E-state index is 0.0391. The van der Waals surface area contributed by atoms with Crippen molar-refractivity contribution >= 4 is 5.91 Å². The van der Waals surface area contributed by atoms with Crippen molar-refractivity contribution in [3.63, 3.8) is 0 Å². The molecule has 2 atom stereocenters. The normalized spacial score (nSPS) is 19.0. The van der Waals surface area contributed by atoms with Crippen LogP contribution in [-0.2, 0) is 9.53 Å². The highest BCUT2D eigenvalue weighted by atomic mass is 16.5. The number of aliphatic hydroxyl groups is 1. The highest BCUT2D eigenvalue weighted by Gasteiger charge is 2.30. The van der Waals surface area contributed by atoms with Gasteiger partial charge in [0.15, 0.2) is 0 Å². The van der Waals surface area contributed by atoms with Gasteiger partial charge in [-0.1, -0.05) is 42.5 Å². The van der Waals surface area contributed by atoms with Gasteiger partial charge in [-0.3, -0.25) is 4.79 Å². The van der Waals surface area contributed by atoms with Crippen LogP contribution < -0.4 is 0 Å². The minimum atomic E-state index is -0.817. The fraction of sp³-hybridized carbons (Fsp3) is 0.438. The fourth-order valence-corrected chi connectivity index (χ4v) is 2.38. The molecule has 0 aromatic heterocycles. The Morgan fingerprint density at radius 1 is 1.30 bits per heavy atom. The quantitative estimate of drug-likeness (QED) is 0.852. The van der Waals surface area contributed by atoms with E-state index in [2.05, 4.69) is 0 Å². The summed E-state index contributed by atoms with van der Waals surface area (Å²) < 4.78 is 5.26. The van der Waals surface area contributed by atoms with E-state index in [-0.39, 0.29) is 5.91 Å². The van der Waals surface area contributed by atoms with E-state index in [1.807, 2.05) is 43.3 Å². The van der Waals surface area contributed by atoms with Gasteiger partial charge in [-0.05, 0) is 12.5 Å². The summed E-state index contributed by atoms with van der Waals surface area (Å²) >= 11 is 0. The molecule has 0 aliphatic carbocycles. The Bertz CT molecular complexity index is 452. The topological polar surface area (TPSA) is 49.8 Å². The lowest BCUT2D eigenvalue weighted by Gasteiger charge is -2.31. The predicted molar refractivity (Wildman–Crippen MR) is 77.1 cm³/mol. The lowest BCUT2D eigenvalue weighted by Crippen LogP contribution is -2.44. The molecule has 1 fully saturated rings. The molecule has 20 heavy (non-hydrogen) atoms. The van der Waals surface area contributed by atoms with Crippen molar-refractivity contribution in [1.29, 1.82) is 0 Å². The number of hydrogen-bond donors (Lipinski definition) is 1. The van der Waals surface area contributed by atoms with Crippen molar-refractivity contribution in [1.82, 2.24) is 4.90 Å². The average Bonchev–Trinajstić information content (AvgIpc) is 2.53. The summed E-state index contributed by atoms with van der Waals surface area (Å²) in [6.45, 7) is 4.17. The first-order valence-electron chi connectivity index (χ1n) is 6.96. The van der Waals surface area contributed by atoms with Crippen LogP contribution in [0.3, 0.4) is 0 Å². The van der Waals surface area contributed by atoms with Gasteiger partial charge >= 0.3 is 0 Å². The summed E-state index contributed by atoms with van der Waals surface area (Å²) in [5.74, 6) is -0.580. The Morgan fingerprint density at radius 2 is 1.95 bits per heavy atom. The molecule has 0 bridgehead atoms. The lowest BCUT2D eigenvalue weighted by molar-refractivity contribution is -0.141. The Morgan fingerprint density at radius 3 is 2.55 bits per heavy atom. The van der Waals surface area contributed by atoms with Crippen LogP contribution in [0.2, 0.25) is 0 Å². The summed E-state index contributed by atoms with van der Waals surface area (Å²) in [6, 6.07) is 9.31. The number of carbonyl (C=O) groups excluding carboxylic acids is 1. The van der Waals surface area contributed by atoms with E-state index in [1.54, 1.807) is 11.0 Å². The van der Waals surface area contributed by atoms with Crippen molar-refractivity contribution < 1.29 is 14.6 Å². The summed E-state index contributed by atoms with van der Waals surface area (Å²) in [4.78, 5) is 14.3. The number of rotatable bonds is 4. The first-order valence-corrected chi connectivity index (χ1v) is 6.96. The van der Waals surface area contributed by atoms with Crippen molar-refractivity contribution in [3.05, 3.63) is 48.0 Å². The van der Waals surface area contributed by atoms with Gasteiger partial charge in [-0.25, -0.2) is 0 Å². The van der Waals surface area contributed by atoms with Crippen LogP contribution in [-0.4, -0.2) is 42.2 Å². The van der Waals surface area contributed by atoms with Crippen molar-refractivity contribution in [3.8, 4) is 0 Å². The van der Waals surface area contributed by atoms with Crippen molar-refractivity contribution in [2.24, 2.45) is 5.92 Å². The molecule has 0 spiro atoms. The maximum absolute atomic E-state index is 12.6. The first kappa shape index (κ1) is 14.8. The van der Waals surface area contributed by atoms with Crippen molar-refractivity contribution in [2.45, 2.75) is 13.0 Å². The fourth-order valence-electron chi connectivity index (χ4n) is 2.38. The molecule has 2 rings (SSSR count). The summed E-state index contributed by atoms with van der Waals surface area (Å²) in [5.41, 5.74) is 0.761. The Kier molecular flexibility index (Phi) is 5.32. The third kappa shape index (κ3) is 3.46. The molecule has 4 nitrogen and oxygen atoms in total. The molecular formula is C16H21NO3. The highest BCUT2D eigenvalue weighted by molar-refractivity contribution is 5.81. The van der Waals surface area contributed by atoms with E-state index in [0.717, 1.165) is 5.56 Å². The number of hydrogen-bond acceptors (Lipinski definition) is 3. The number of carbonyl (C=O) groups is 1. The van der Waals surface area contributed by atoms with E-state index in [4.69, 9.17) is 4.74 Å². The Hall–Kier alpha value is -1.65. The second-order valence-electron chi connectivity index (χ2n) is 4.84. The number of nitrogens with zero attached hydrogens (tertiary/aromatic N) is 1. The zero-order valence-corrected chi connectivity index (χ0v) is 11.7. The molecule has 1 amide bonds. The summed E-state index contributed by atoms with van der Waals surface area (Å²) in [6.07, 6.45) is 2.77. The number of morpholine rings is 1. The maximum Gasteiger partial charge on any atom is 0.232 e. The first-order chi connectivity index (χ1) is 9.74. The van der Waals surface area contributed by atoms with Gasteiger partial charge in [0, 0.05) is 13.1 Å². The van der Waals surface area contributed by atoms with Crippen LogP contribution in [0.25, 0.3) is 0 Å². The molecule has 1 aromatic rings. The third-order valence-electron chi connectivity index (χ3n) is 3.49. The second-order valence-corrected chi connectivity index (χ2v) is 4.84. The molecule has 1 aliphatic rings. The van der Waals surface area contributed by atoms with Crippen LogP contribution in [0.1, 0.15) is 18.6 Å². The van der Waals surface area contributed by atoms with Gasteiger partial charge in [-0.2, -0.15) is 0 Å². The van der Waals surface area contributed by atoms with Crippen LogP contribution in [0.5, 0.6) is 0 Å². The van der Waals surface area contributed by atoms with Crippen molar-refractivity contribution in [2.75, 3.05) is 26.3 Å². The Balaban J connectivity index is 2.15. The van der Waals surface area contributed by atoms with E-state index >= 15 is 0 Å². The van der Waals surface area contributed by atoms with Gasteiger partial charge in [0.05, 0.1) is 25.2 Å². The zero-order valence-electron chi connectivity index (χ0n) is 11.7. The van der Waals surface area contributed by atoms with Gasteiger partial charge in [-0.15, -0.1) is 0 Å². The van der Waals surface area contributed by atoms with Gasteiger partial charge in [0.1, 0.15) is 0 Å². The third-order valence-corrected chi connectivity index (χ3v) is 3.49. The van der Waals surface area contributed by atoms with Crippen LogP contribution in [0.4, 0.5) is 0 Å². The zero-order chi connectivity index (χ0) is 14.4. The maximum atomic E-state index is 12.6. The molecule has 1 aliphatic heterocycles. The molecule has 1 aromatic carbocycles. The standard InChI is InChI=1S/C16H21NO3/c1-2-6-14(15(18)13-7-4-3-5-8-13)16(19)17-9-11-20-12-10-17/h2-8,14-15,18H,9-12H2,1H3/b6-2-.